The summed E-state index contributed by atoms with van der Waals surface area (Å²) in [5.41, 5.74) is -0.461. The van der Waals surface area contributed by atoms with Gasteiger partial charge in [-0.3, -0.25) is 4.79 Å². The van der Waals surface area contributed by atoms with E-state index in [0.717, 1.165) is 19.3 Å². The van der Waals surface area contributed by atoms with Gasteiger partial charge in [0.15, 0.2) is 16.6 Å². The van der Waals surface area contributed by atoms with E-state index in [4.69, 9.17) is 29.9 Å². The standard InChI is InChI=1S/C38H65ClO6Si2/c1-36(2,3)43-35(41)22-17-15-14-16-21-31-32(34(26-33(31)40)45-47(12,13)38(7,8)9)24-23-30(44-46(10,11)37(4,5)6)27-42-29-20-18-19-28(39)25-29/h16,18-21,23-25,30-34,40H,14-15,17,22,26-27H2,1-13H3/b21-16-,24-23+/t30-,31-,32-,33+,34-/m1/s1. The molecular formula is C38H65ClO6Si2. The van der Waals surface area contributed by atoms with Crippen molar-refractivity contribution in [2.45, 2.75) is 155 Å². The number of halogens is 1. The molecule has 1 saturated carbocycles. The molecule has 1 aliphatic rings. The van der Waals surface area contributed by atoms with Crippen LogP contribution in [0.25, 0.3) is 0 Å². The molecule has 47 heavy (non-hydrogen) atoms. The van der Waals surface area contributed by atoms with Crippen molar-refractivity contribution in [3.05, 3.63) is 53.6 Å². The molecule has 6 nitrogen and oxygen atoms in total. The Labute approximate surface area is 293 Å². The van der Waals surface area contributed by atoms with E-state index >= 15 is 0 Å². The zero-order chi connectivity index (χ0) is 35.8. The number of benzene rings is 1. The van der Waals surface area contributed by atoms with Crippen LogP contribution in [0.4, 0.5) is 0 Å². The maximum atomic E-state index is 12.1. The molecule has 1 fully saturated rings. The van der Waals surface area contributed by atoms with Crippen LogP contribution in [0.3, 0.4) is 0 Å². The molecule has 0 spiro atoms. The van der Waals surface area contributed by atoms with Gasteiger partial charge in [0.1, 0.15) is 18.0 Å². The topological polar surface area (TPSA) is 74.2 Å². The molecule has 1 aromatic carbocycles. The highest BCUT2D eigenvalue weighted by Gasteiger charge is 2.47. The number of rotatable bonds is 15. The van der Waals surface area contributed by atoms with Gasteiger partial charge in [-0.05, 0) is 101 Å². The summed E-state index contributed by atoms with van der Waals surface area (Å²) in [5, 5.41) is 12.1. The van der Waals surface area contributed by atoms with Crippen LogP contribution in [-0.4, -0.2) is 58.2 Å². The van der Waals surface area contributed by atoms with E-state index < -0.39 is 28.3 Å². The van der Waals surface area contributed by atoms with Gasteiger partial charge in [-0.15, -0.1) is 0 Å². The first-order chi connectivity index (χ1) is 21.4. The molecule has 0 aliphatic heterocycles. The Morgan fingerprint density at radius 1 is 0.957 bits per heavy atom. The summed E-state index contributed by atoms with van der Waals surface area (Å²) in [4.78, 5) is 12.1. The molecule has 1 N–H and O–H groups in total. The van der Waals surface area contributed by atoms with Crippen molar-refractivity contribution < 1.29 is 28.2 Å². The zero-order valence-electron chi connectivity index (χ0n) is 31.6. The van der Waals surface area contributed by atoms with Gasteiger partial charge in [0, 0.05) is 23.3 Å². The molecular weight excluding hydrogens is 644 g/mol. The van der Waals surface area contributed by atoms with Crippen molar-refractivity contribution in [1.82, 2.24) is 0 Å². The summed E-state index contributed by atoms with van der Waals surface area (Å²) in [6.45, 7) is 28.5. The fourth-order valence-electron chi connectivity index (χ4n) is 5.10. The lowest BCUT2D eigenvalue weighted by atomic mass is 9.92. The van der Waals surface area contributed by atoms with Gasteiger partial charge in [-0.2, -0.15) is 0 Å². The summed E-state index contributed by atoms with van der Waals surface area (Å²) in [6.07, 6.45) is 11.3. The van der Waals surface area contributed by atoms with Crippen LogP contribution in [0.5, 0.6) is 5.75 Å². The highest BCUT2D eigenvalue weighted by Crippen LogP contribution is 2.44. The van der Waals surface area contributed by atoms with Crippen LogP contribution in [0.15, 0.2) is 48.6 Å². The van der Waals surface area contributed by atoms with E-state index in [0.29, 0.717) is 30.2 Å². The van der Waals surface area contributed by atoms with E-state index in [1.54, 1.807) is 0 Å². The van der Waals surface area contributed by atoms with Gasteiger partial charge >= 0.3 is 5.97 Å². The summed E-state index contributed by atoms with van der Waals surface area (Å²) >= 11 is 6.23. The van der Waals surface area contributed by atoms with Crippen molar-refractivity contribution in [3.63, 3.8) is 0 Å². The van der Waals surface area contributed by atoms with Gasteiger partial charge in [-0.25, -0.2) is 0 Å². The van der Waals surface area contributed by atoms with Crippen molar-refractivity contribution in [1.29, 1.82) is 0 Å². The van der Waals surface area contributed by atoms with Crippen LogP contribution in [0.2, 0.25) is 41.3 Å². The van der Waals surface area contributed by atoms with Gasteiger partial charge in [0.2, 0.25) is 0 Å². The maximum Gasteiger partial charge on any atom is 0.306 e. The lowest BCUT2D eigenvalue weighted by molar-refractivity contribution is -0.154. The van der Waals surface area contributed by atoms with Crippen LogP contribution >= 0.6 is 11.6 Å². The fourth-order valence-corrected chi connectivity index (χ4v) is 7.90. The molecule has 1 aromatic rings. The lowest BCUT2D eigenvalue weighted by Crippen LogP contribution is -2.45. The second-order valence-electron chi connectivity index (χ2n) is 17.2. The van der Waals surface area contributed by atoms with E-state index in [-0.39, 0.29) is 40.1 Å². The third-order valence-corrected chi connectivity index (χ3v) is 19.1. The average Bonchev–Trinajstić information content (AvgIpc) is 3.18. The fraction of sp³-hybridized carbons (Fsp3) is 0.711. The molecule has 0 amide bonds. The van der Waals surface area contributed by atoms with Gasteiger partial charge < -0.3 is 23.4 Å². The van der Waals surface area contributed by atoms with E-state index in [1.807, 2.05) is 45.0 Å². The number of carbonyl (C=O) groups excluding carboxylic acids is 1. The summed E-state index contributed by atoms with van der Waals surface area (Å²) in [7, 11) is -4.24. The van der Waals surface area contributed by atoms with Crippen LogP contribution < -0.4 is 4.74 Å². The molecule has 0 bridgehead atoms. The number of aliphatic hydroxyl groups excluding tert-OH is 1. The van der Waals surface area contributed by atoms with Crippen molar-refractivity contribution in [2.75, 3.05) is 6.61 Å². The van der Waals surface area contributed by atoms with E-state index in [9.17, 15) is 9.90 Å². The molecule has 0 radical (unpaired) electrons. The first-order valence-electron chi connectivity index (χ1n) is 17.4. The molecule has 9 heteroatoms. The minimum absolute atomic E-state index is 0.0196. The summed E-state index contributed by atoms with van der Waals surface area (Å²) in [5.74, 6) is 0.443. The third-order valence-electron chi connectivity index (χ3n) is 9.83. The quantitative estimate of drug-likeness (QED) is 0.0846. The second-order valence-corrected chi connectivity index (χ2v) is 27.2. The van der Waals surface area contributed by atoms with Gasteiger partial charge in [-0.1, -0.05) is 83.5 Å². The number of hydrogen-bond acceptors (Lipinski definition) is 6. The molecule has 2 rings (SSSR count). The third kappa shape index (κ3) is 13.8. The lowest BCUT2D eigenvalue weighted by Gasteiger charge is -2.40. The van der Waals surface area contributed by atoms with Crippen molar-refractivity contribution in [3.8, 4) is 5.75 Å². The number of carbonyl (C=O) groups is 1. The Morgan fingerprint density at radius 3 is 2.17 bits per heavy atom. The molecule has 0 saturated heterocycles. The molecule has 0 unspecified atom stereocenters. The molecule has 5 atom stereocenters. The molecule has 1 aliphatic carbocycles. The number of unbranched alkanes of at least 4 members (excludes halogenated alkanes) is 2. The molecule has 0 heterocycles. The number of ether oxygens (including phenoxy) is 2. The number of aliphatic hydroxyl groups is 1. The van der Waals surface area contributed by atoms with Crippen molar-refractivity contribution in [2.24, 2.45) is 11.8 Å². The van der Waals surface area contributed by atoms with Crippen LogP contribution in [0.1, 0.15) is 94.4 Å². The first-order valence-corrected chi connectivity index (χ1v) is 23.6. The van der Waals surface area contributed by atoms with Crippen LogP contribution in [-0.2, 0) is 18.4 Å². The average molecular weight is 710 g/mol. The smallest absolute Gasteiger partial charge is 0.306 e. The number of esters is 1. The predicted octanol–water partition coefficient (Wildman–Crippen LogP) is 10.5. The highest BCUT2D eigenvalue weighted by molar-refractivity contribution is 6.74. The number of hydrogen-bond donors (Lipinski definition) is 1. The van der Waals surface area contributed by atoms with Crippen LogP contribution in [0, 0.1) is 11.8 Å². The predicted molar refractivity (Wildman–Crippen MR) is 201 cm³/mol. The maximum absolute atomic E-state index is 12.1. The van der Waals surface area contributed by atoms with Gasteiger partial charge in [0.05, 0.1) is 18.3 Å². The monoisotopic (exact) mass is 708 g/mol. The Morgan fingerprint density at radius 2 is 1.60 bits per heavy atom. The van der Waals surface area contributed by atoms with E-state index in [2.05, 4.69) is 92.0 Å². The minimum atomic E-state index is -2.14. The van der Waals surface area contributed by atoms with Crippen molar-refractivity contribution >= 4 is 34.2 Å². The normalized spacial score (nSPS) is 22.3. The van der Waals surface area contributed by atoms with E-state index in [1.165, 1.54) is 0 Å². The Balaban J connectivity index is 2.30. The number of allylic oxidation sites excluding steroid dienone is 1. The Kier molecular flexibility index (Phi) is 15.1. The largest absolute Gasteiger partial charge is 0.491 e. The Bertz CT molecular complexity index is 1190. The highest BCUT2D eigenvalue weighted by atomic mass is 35.5. The second kappa shape index (κ2) is 17.0. The molecule has 268 valence electrons. The SMILES string of the molecule is CC(C)(C)OC(=O)CCCC/C=C\[C@@H]1[C@@H](/C=C/[C@H](COc2cccc(Cl)c2)O[Si](C)(C)C(C)(C)C)[C@H](O[Si](C)(C)C(C)(C)C)C[C@@H]1O. The van der Waals surface area contributed by atoms with Gasteiger partial charge in [0.25, 0.3) is 0 Å². The first kappa shape index (κ1) is 41.7. The zero-order valence-corrected chi connectivity index (χ0v) is 34.4. The Hall–Kier alpha value is -1.43. The summed E-state index contributed by atoms with van der Waals surface area (Å²) < 4.78 is 25.5. The minimum Gasteiger partial charge on any atom is -0.491 e. The molecule has 0 aromatic heterocycles. The summed E-state index contributed by atoms with van der Waals surface area (Å²) in [6, 6.07) is 7.44.